The summed E-state index contributed by atoms with van der Waals surface area (Å²) in [6, 6.07) is 22.6. The van der Waals surface area contributed by atoms with E-state index in [1.165, 1.54) is 7.11 Å². The number of fused-ring (bicyclic) bond motifs is 2. The van der Waals surface area contributed by atoms with Crippen molar-refractivity contribution in [2.45, 2.75) is 24.2 Å². The van der Waals surface area contributed by atoms with Crippen LogP contribution in [0.4, 0.5) is 17.3 Å². The highest BCUT2D eigenvalue weighted by molar-refractivity contribution is 7.91. The zero-order chi connectivity index (χ0) is 29.4. The molecule has 10 heteroatoms. The van der Waals surface area contributed by atoms with Crippen LogP contribution in [-0.2, 0) is 21.1 Å². The summed E-state index contributed by atoms with van der Waals surface area (Å²) in [4.78, 5) is 17.8. The maximum absolute atomic E-state index is 12.9. The summed E-state index contributed by atoms with van der Waals surface area (Å²) in [7, 11) is -1.78. The first-order valence-corrected chi connectivity index (χ1v) is 15.1. The van der Waals surface area contributed by atoms with E-state index in [4.69, 9.17) is 4.74 Å². The number of aryl methyl sites for hydroxylation is 2. The predicted molar refractivity (Wildman–Crippen MR) is 163 cm³/mol. The molecule has 42 heavy (non-hydrogen) atoms. The van der Waals surface area contributed by atoms with E-state index in [9.17, 15) is 13.2 Å². The standard InChI is InChI=1S/C32H29N5O4S/c1-4-26(22-7-5-20(2)6-8-22)31(38)33-25-12-9-21(10-13-25)24-11-14-30-35-32(36-37(30)19-24)34-27-17-23-15-16-42(39,40)29(23)18-28(27)41-3/h4-14,17-19,26H,1,15-16H2,2-3H3,(H,33,38)(H,34,36). The molecule has 212 valence electrons. The largest absolute Gasteiger partial charge is 0.495 e. The van der Waals surface area contributed by atoms with Crippen LogP contribution in [0.2, 0.25) is 0 Å². The molecule has 1 amide bonds. The molecule has 6 rings (SSSR count). The Labute approximate surface area is 243 Å². The van der Waals surface area contributed by atoms with Gasteiger partial charge in [0.25, 0.3) is 0 Å². The fourth-order valence-electron chi connectivity index (χ4n) is 5.07. The van der Waals surface area contributed by atoms with Gasteiger partial charge in [0, 0.05) is 23.5 Å². The molecule has 1 aliphatic heterocycles. The summed E-state index contributed by atoms with van der Waals surface area (Å²) in [5.74, 6) is 0.263. The van der Waals surface area contributed by atoms with E-state index in [0.717, 1.165) is 27.8 Å². The average Bonchev–Trinajstić information content (AvgIpc) is 3.52. The number of rotatable bonds is 8. The number of pyridine rings is 1. The fraction of sp³-hybridized carbons (Fsp3) is 0.156. The topological polar surface area (TPSA) is 115 Å². The molecule has 9 nitrogen and oxygen atoms in total. The maximum Gasteiger partial charge on any atom is 0.247 e. The van der Waals surface area contributed by atoms with Crippen molar-refractivity contribution in [3.8, 4) is 16.9 Å². The van der Waals surface area contributed by atoms with Crippen LogP contribution in [0.5, 0.6) is 5.75 Å². The van der Waals surface area contributed by atoms with Crippen molar-refractivity contribution < 1.29 is 17.9 Å². The van der Waals surface area contributed by atoms with Crippen molar-refractivity contribution >= 4 is 38.7 Å². The van der Waals surface area contributed by atoms with E-state index in [2.05, 4.69) is 27.3 Å². The van der Waals surface area contributed by atoms with Gasteiger partial charge >= 0.3 is 0 Å². The van der Waals surface area contributed by atoms with Crippen LogP contribution >= 0.6 is 0 Å². The molecular formula is C32H29N5O4S. The number of sulfone groups is 1. The van der Waals surface area contributed by atoms with Gasteiger partial charge in [-0.25, -0.2) is 12.9 Å². The lowest BCUT2D eigenvalue weighted by atomic mass is 9.97. The lowest BCUT2D eigenvalue weighted by Crippen LogP contribution is -2.19. The van der Waals surface area contributed by atoms with Gasteiger partial charge in [-0.3, -0.25) is 4.79 Å². The van der Waals surface area contributed by atoms with Crippen molar-refractivity contribution in [3.63, 3.8) is 0 Å². The van der Waals surface area contributed by atoms with Gasteiger partial charge in [-0.2, -0.15) is 4.98 Å². The molecule has 0 bridgehead atoms. The summed E-state index contributed by atoms with van der Waals surface area (Å²) >= 11 is 0. The Bertz CT molecular complexity index is 1930. The SMILES string of the molecule is C=CC(C(=O)Nc1ccc(-c2ccc3nc(Nc4cc5c(cc4OC)S(=O)(=O)CC5)nn3c2)cc1)c1ccc(C)cc1. The molecule has 0 radical (unpaired) electrons. The molecule has 0 saturated carbocycles. The number of amides is 1. The molecule has 1 unspecified atom stereocenters. The third kappa shape index (κ3) is 5.24. The number of aromatic nitrogens is 3. The Hall–Kier alpha value is -4.96. The quantitative estimate of drug-likeness (QED) is 0.227. The fourth-order valence-corrected chi connectivity index (χ4v) is 6.63. The van der Waals surface area contributed by atoms with Crippen molar-refractivity contribution in [3.05, 3.63) is 108 Å². The highest BCUT2D eigenvalue weighted by Crippen LogP contribution is 2.36. The predicted octanol–water partition coefficient (Wildman–Crippen LogP) is 5.70. The maximum atomic E-state index is 12.9. The van der Waals surface area contributed by atoms with E-state index in [1.807, 2.05) is 73.8 Å². The molecule has 3 heterocycles. The first-order valence-electron chi connectivity index (χ1n) is 13.4. The Morgan fingerprint density at radius 1 is 1.05 bits per heavy atom. The zero-order valence-corrected chi connectivity index (χ0v) is 24.0. The highest BCUT2D eigenvalue weighted by atomic mass is 32.2. The van der Waals surface area contributed by atoms with Gasteiger partial charge in [0.05, 0.1) is 29.4 Å². The van der Waals surface area contributed by atoms with Crippen molar-refractivity contribution in [1.82, 2.24) is 14.6 Å². The number of anilines is 3. The molecule has 0 saturated heterocycles. The van der Waals surface area contributed by atoms with Gasteiger partial charge in [-0.15, -0.1) is 11.7 Å². The number of benzene rings is 3. The van der Waals surface area contributed by atoms with Crippen molar-refractivity contribution in [1.29, 1.82) is 0 Å². The number of methoxy groups -OCH3 is 1. The van der Waals surface area contributed by atoms with Crippen LogP contribution in [-0.4, -0.2) is 41.8 Å². The van der Waals surface area contributed by atoms with Crippen LogP contribution in [0.1, 0.15) is 22.6 Å². The lowest BCUT2D eigenvalue weighted by molar-refractivity contribution is -0.116. The van der Waals surface area contributed by atoms with Crippen LogP contribution in [0.15, 0.2) is 96.5 Å². The van der Waals surface area contributed by atoms with Gasteiger partial charge in [0.2, 0.25) is 11.9 Å². The minimum atomic E-state index is -3.27. The van der Waals surface area contributed by atoms with E-state index >= 15 is 0 Å². The third-order valence-electron chi connectivity index (χ3n) is 7.38. The van der Waals surface area contributed by atoms with Gasteiger partial charge < -0.3 is 15.4 Å². The monoisotopic (exact) mass is 579 g/mol. The summed E-state index contributed by atoms with van der Waals surface area (Å²) in [6.45, 7) is 5.86. The highest BCUT2D eigenvalue weighted by Gasteiger charge is 2.28. The van der Waals surface area contributed by atoms with E-state index in [0.29, 0.717) is 40.0 Å². The summed E-state index contributed by atoms with van der Waals surface area (Å²) < 4.78 is 31.7. The summed E-state index contributed by atoms with van der Waals surface area (Å²) in [6.07, 6.45) is 3.98. The second kappa shape index (κ2) is 10.8. The van der Waals surface area contributed by atoms with Gasteiger partial charge in [-0.05, 0) is 60.4 Å². The minimum absolute atomic E-state index is 0.0977. The lowest BCUT2D eigenvalue weighted by Gasteiger charge is -2.14. The smallest absolute Gasteiger partial charge is 0.247 e. The number of nitrogens with one attached hydrogen (secondary N) is 2. The number of carbonyl (C=O) groups is 1. The molecule has 0 fully saturated rings. The number of ether oxygens (including phenoxy) is 1. The first-order chi connectivity index (χ1) is 20.2. The average molecular weight is 580 g/mol. The Morgan fingerprint density at radius 3 is 2.50 bits per heavy atom. The molecule has 2 aromatic heterocycles. The Morgan fingerprint density at radius 2 is 1.79 bits per heavy atom. The van der Waals surface area contributed by atoms with Crippen molar-refractivity contribution in [2.75, 3.05) is 23.5 Å². The third-order valence-corrected chi connectivity index (χ3v) is 9.17. The van der Waals surface area contributed by atoms with E-state index < -0.39 is 15.8 Å². The number of carbonyl (C=O) groups excluding carboxylic acids is 1. The molecular weight excluding hydrogens is 550 g/mol. The molecule has 1 aliphatic rings. The molecule has 3 aromatic carbocycles. The second-order valence-corrected chi connectivity index (χ2v) is 12.3. The zero-order valence-electron chi connectivity index (χ0n) is 23.2. The molecule has 0 aliphatic carbocycles. The molecule has 0 spiro atoms. The number of hydrogen-bond acceptors (Lipinski definition) is 7. The van der Waals surface area contributed by atoms with Gasteiger partial charge in [-0.1, -0.05) is 48.0 Å². The Balaban J connectivity index is 1.19. The summed E-state index contributed by atoms with van der Waals surface area (Å²) in [5, 5.41) is 10.7. The van der Waals surface area contributed by atoms with E-state index in [1.54, 1.807) is 22.7 Å². The molecule has 1 atom stereocenters. The van der Waals surface area contributed by atoms with Crippen LogP contribution in [0.3, 0.4) is 0 Å². The van der Waals surface area contributed by atoms with Crippen LogP contribution < -0.4 is 15.4 Å². The van der Waals surface area contributed by atoms with Gasteiger partial charge in [0.1, 0.15) is 5.75 Å². The van der Waals surface area contributed by atoms with Crippen LogP contribution in [0, 0.1) is 6.92 Å². The van der Waals surface area contributed by atoms with Crippen molar-refractivity contribution in [2.24, 2.45) is 0 Å². The molecule has 2 N–H and O–H groups in total. The molecule has 5 aromatic rings. The number of hydrogen-bond donors (Lipinski definition) is 2. The normalized spacial score (nSPS) is 14.2. The van der Waals surface area contributed by atoms with Crippen LogP contribution in [0.25, 0.3) is 16.8 Å². The Kier molecular flexibility index (Phi) is 6.99. The second-order valence-electron chi connectivity index (χ2n) is 10.2. The van der Waals surface area contributed by atoms with Gasteiger partial charge in [0.15, 0.2) is 15.5 Å². The number of nitrogens with zero attached hydrogens (tertiary/aromatic N) is 3. The first kappa shape index (κ1) is 27.2. The minimum Gasteiger partial charge on any atom is -0.495 e. The summed E-state index contributed by atoms with van der Waals surface area (Å²) in [5.41, 5.74) is 6.56. The van der Waals surface area contributed by atoms with E-state index in [-0.39, 0.29) is 11.7 Å².